The molecule has 0 saturated carbocycles. The van der Waals surface area contributed by atoms with E-state index in [0.717, 1.165) is 29.5 Å². The summed E-state index contributed by atoms with van der Waals surface area (Å²) in [4.78, 5) is 23.1. The number of anilines is 1. The van der Waals surface area contributed by atoms with E-state index >= 15 is 0 Å². The molecule has 0 bridgehead atoms. The highest BCUT2D eigenvalue weighted by molar-refractivity contribution is 6.09. The summed E-state index contributed by atoms with van der Waals surface area (Å²) in [7, 11) is 0. The van der Waals surface area contributed by atoms with Crippen LogP contribution in [0.1, 0.15) is 16.7 Å². The van der Waals surface area contributed by atoms with Gasteiger partial charge in [-0.25, -0.2) is 0 Å². The Bertz CT molecular complexity index is 1070. The highest BCUT2D eigenvalue weighted by Gasteiger charge is 2.16. The summed E-state index contributed by atoms with van der Waals surface area (Å²) >= 11 is 0. The molecule has 0 fully saturated rings. The Morgan fingerprint density at radius 1 is 1.00 bits per heavy atom. The SMILES string of the molecule is NC(=O)COc1ccc(/C=C/C(=O)Nc2ccc3c4c(cccc24)CC3)cc1. The highest BCUT2D eigenvalue weighted by atomic mass is 16.5. The maximum absolute atomic E-state index is 12.4. The molecule has 0 radical (unpaired) electrons. The molecule has 3 aromatic carbocycles. The first kappa shape index (κ1) is 17.8. The van der Waals surface area contributed by atoms with Gasteiger partial charge in [-0.2, -0.15) is 0 Å². The van der Waals surface area contributed by atoms with E-state index in [2.05, 4.69) is 23.5 Å². The van der Waals surface area contributed by atoms with Gasteiger partial charge in [-0.05, 0) is 59.2 Å². The number of nitrogens with one attached hydrogen (secondary N) is 1. The summed E-state index contributed by atoms with van der Waals surface area (Å²) in [5, 5.41) is 5.34. The van der Waals surface area contributed by atoms with Gasteiger partial charge in [0.2, 0.25) is 5.91 Å². The maximum Gasteiger partial charge on any atom is 0.255 e. The van der Waals surface area contributed by atoms with E-state index in [1.54, 1.807) is 30.3 Å². The zero-order valence-electron chi connectivity index (χ0n) is 15.3. The summed E-state index contributed by atoms with van der Waals surface area (Å²) in [6, 6.07) is 17.4. The minimum atomic E-state index is -0.524. The first-order valence-electron chi connectivity index (χ1n) is 9.14. The molecule has 3 N–H and O–H groups in total. The predicted octanol–water partition coefficient (Wildman–Crippen LogP) is 3.45. The Labute approximate surface area is 162 Å². The zero-order valence-corrected chi connectivity index (χ0v) is 15.3. The molecule has 2 amide bonds. The number of carbonyl (C=O) groups excluding carboxylic acids is 2. The number of ether oxygens (including phenoxy) is 1. The molecule has 140 valence electrons. The summed E-state index contributed by atoms with van der Waals surface area (Å²) in [5.41, 5.74) is 9.42. The number of rotatable bonds is 6. The number of primary amides is 1. The number of benzene rings is 3. The van der Waals surface area contributed by atoms with Crippen LogP contribution in [0.3, 0.4) is 0 Å². The first-order valence-corrected chi connectivity index (χ1v) is 9.14. The van der Waals surface area contributed by atoms with Crippen molar-refractivity contribution in [2.45, 2.75) is 12.8 Å². The quantitative estimate of drug-likeness (QED) is 0.650. The second kappa shape index (κ2) is 7.56. The van der Waals surface area contributed by atoms with Gasteiger partial charge in [-0.3, -0.25) is 9.59 Å². The molecule has 0 atom stereocenters. The Hall–Kier alpha value is -3.60. The van der Waals surface area contributed by atoms with Gasteiger partial charge in [0.15, 0.2) is 6.61 Å². The van der Waals surface area contributed by atoms with Crippen LogP contribution < -0.4 is 15.8 Å². The summed E-state index contributed by atoms with van der Waals surface area (Å²) < 4.78 is 5.21. The molecular weight excluding hydrogens is 352 g/mol. The van der Waals surface area contributed by atoms with E-state index in [1.807, 2.05) is 12.1 Å². The topological polar surface area (TPSA) is 81.4 Å². The predicted molar refractivity (Wildman–Crippen MR) is 110 cm³/mol. The Balaban J connectivity index is 1.45. The average molecular weight is 372 g/mol. The lowest BCUT2D eigenvalue weighted by Gasteiger charge is -2.09. The molecule has 28 heavy (non-hydrogen) atoms. The summed E-state index contributed by atoms with van der Waals surface area (Å²) in [6.07, 6.45) is 5.35. The number of carbonyl (C=O) groups is 2. The molecule has 0 heterocycles. The Morgan fingerprint density at radius 2 is 1.75 bits per heavy atom. The van der Waals surface area contributed by atoms with Crippen LogP contribution in [0, 0.1) is 0 Å². The van der Waals surface area contributed by atoms with E-state index in [-0.39, 0.29) is 12.5 Å². The van der Waals surface area contributed by atoms with Crippen LogP contribution in [0.25, 0.3) is 16.8 Å². The lowest BCUT2D eigenvalue weighted by molar-refractivity contribution is -0.120. The second-order valence-electron chi connectivity index (χ2n) is 6.76. The summed E-state index contributed by atoms with van der Waals surface area (Å²) in [5.74, 6) is -0.162. The van der Waals surface area contributed by atoms with Gasteiger partial charge < -0.3 is 15.8 Å². The van der Waals surface area contributed by atoms with E-state index in [9.17, 15) is 9.59 Å². The van der Waals surface area contributed by atoms with Crippen LogP contribution in [0.2, 0.25) is 0 Å². The van der Waals surface area contributed by atoms with Crippen molar-refractivity contribution in [1.29, 1.82) is 0 Å². The van der Waals surface area contributed by atoms with Gasteiger partial charge in [0.05, 0.1) is 0 Å². The van der Waals surface area contributed by atoms with Crippen LogP contribution in [-0.4, -0.2) is 18.4 Å². The Kier molecular flexibility index (Phi) is 4.81. The summed E-state index contributed by atoms with van der Waals surface area (Å²) in [6.45, 7) is -0.161. The van der Waals surface area contributed by atoms with Crippen LogP contribution in [0.4, 0.5) is 5.69 Å². The number of hydrogen-bond acceptors (Lipinski definition) is 3. The maximum atomic E-state index is 12.4. The largest absolute Gasteiger partial charge is 0.484 e. The monoisotopic (exact) mass is 372 g/mol. The fourth-order valence-electron chi connectivity index (χ4n) is 3.53. The zero-order chi connectivity index (χ0) is 19.5. The molecule has 0 saturated heterocycles. The molecule has 3 aromatic rings. The molecule has 4 rings (SSSR count). The third-order valence-corrected chi connectivity index (χ3v) is 4.82. The van der Waals surface area contributed by atoms with Gasteiger partial charge >= 0.3 is 0 Å². The first-order chi connectivity index (χ1) is 13.6. The fourth-order valence-corrected chi connectivity index (χ4v) is 3.53. The van der Waals surface area contributed by atoms with Crippen molar-refractivity contribution in [2.75, 3.05) is 11.9 Å². The van der Waals surface area contributed by atoms with Crippen molar-refractivity contribution in [3.8, 4) is 5.75 Å². The molecule has 0 aliphatic heterocycles. The van der Waals surface area contributed by atoms with Gasteiger partial charge in [0, 0.05) is 17.1 Å². The van der Waals surface area contributed by atoms with E-state index in [0.29, 0.717) is 5.75 Å². The third kappa shape index (κ3) is 3.74. The smallest absolute Gasteiger partial charge is 0.255 e. The molecule has 5 heteroatoms. The van der Waals surface area contributed by atoms with Crippen LogP contribution in [-0.2, 0) is 22.4 Å². The van der Waals surface area contributed by atoms with Crippen molar-refractivity contribution in [1.82, 2.24) is 0 Å². The van der Waals surface area contributed by atoms with Crippen molar-refractivity contribution < 1.29 is 14.3 Å². The highest BCUT2D eigenvalue weighted by Crippen LogP contribution is 2.34. The molecule has 0 unspecified atom stereocenters. The number of nitrogens with two attached hydrogens (primary N) is 1. The molecular formula is C23H20N2O3. The van der Waals surface area contributed by atoms with Gasteiger partial charge in [0.25, 0.3) is 5.91 Å². The standard InChI is InChI=1S/C23H20N2O3/c24-21(26)14-28-18-10-4-15(5-11-18)6-13-22(27)25-20-12-9-17-8-7-16-2-1-3-19(20)23(16)17/h1-6,9-13H,7-8,14H2,(H2,24,26)(H,25,27)/b13-6+. The molecule has 0 spiro atoms. The van der Waals surface area contributed by atoms with Crippen LogP contribution in [0.5, 0.6) is 5.75 Å². The second-order valence-corrected chi connectivity index (χ2v) is 6.76. The molecule has 0 aromatic heterocycles. The van der Waals surface area contributed by atoms with Crippen molar-refractivity contribution in [3.05, 3.63) is 77.4 Å². The number of amides is 2. The fraction of sp³-hybridized carbons (Fsp3) is 0.130. The van der Waals surface area contributed by atoms with Gasteiger partial charge in [-0.15, -0.1) is 0 Å². The number of hydrogen-bond donors (Lipinski definition) is 2. The minimum absolute atomic E-state index is 0.161. The number of aryl methyl sites for hydroxylation is 2. The van der Waals surface area contributed by atoms with E-state index in [4.69, 9.17) is 10.5 Å². The molecule has 1 aliphatic rings. The van der Waals surface area contributed by atoms with Crippen molar-refractivity contribution in [2.24, 2.45) is 5.73 Å². The lowest BCUT2D eigenvalue weighted by atomic mass is 10.0. The lowest BCUT2D eigenvalue weighted by Crippen LogP contribution is -2.19. The molecule has 1 aliphatic carbocycles. The van der Waals surface area contributed by atoms with Gasteiger partial charge in [0.1, 0.15) is 5.75 Å². The van der Waals surface area contributed by atoms with Crippen LogP contribution in [0.15, 0.2) is 60.7 Å². The van der Waals surface area contributed by atoms with Gasteiger partial charge in [-0.1, -0.05) is 36.4 Å². The van der Waals surface area contributed by atoms with E-state index < -0.39 is 5.91 Å². The molecule has 5 nitrogen and oxygen atoms in total. The van der Waals surface area contributed by atoms with Crippen LogP contribution >= 0.6 is 0 Å². The Morgan fingerprint density at radius 3 is 2.50 bits per heavy atom. The third-order valence-electron chi connectivity index (χ3n) is 4.82. The normalized spacial score (nSPS) is 12.4. The average Bonchev–Trinajstić information content (AvgIpc) is 3.12. The van der Waals surface area contributed by atoms with Crippen molar-refractivity contribution >= 4 is 34.4 Å². The van der Waals surface area contributed by atoms with Crippen molar-refractivity contribution in [3.63, 3.8) is 0 Å². The van der Waals surface area contributed by atoms with E-state index in [1.165, 1.54) is 22.6 Å². The minimum Gasteiger partial charge on any atom is -0.484 e.